The van der Waals surface area contributed by atoms with Crippen LogP contribution in [0.2, 0.25) is 5.02 Å². The average molecular weight is 435 g/mol. The topological polar surface area (TPSA) is 88.8 Å². The molecule has 0 aliphatic carbocycles. The van der Waals surface area contributed by atoms with Crippen LogP contribution in [-0.4, -0.2) is 21.8 Å². The lowest BCUT2D eigenvalue weighted by Gasteiger charge is -2.21. The molecule has 156 valence electrons. The number of hydrazine groups is 1. The summed E-state index contributed by atoms with van der Waals surface area (Å²) in [5.41, 5.74) is 2.18. The molecule has 0 atom stereocenters. The van der Waals surface area contributed by atoms with Gasteiger partial charge in [0.15, 0.2) is 5.75 Å². The molecule has 8 heteroatoms. The predicted molar refractivity (Wildman–Crippen MR) is 117 cm³/mol. The van der Waals surface area contributed by atoms with Gasteiger partial charge in [-0.1, -0.05) is 29.8 Å². The number of hydrogen-bond donors (Lipinski definition) is 1. The van der Waals surface area contributed by atoms with Crippen molar-refractivity contribution in [3.63, 3.8) is 0 Å². The van der Waals surface area contributed by atoms with E-state index in [-0.39, 0.29) is 13.1 Å². The molecule has 0 unspecified atom stereocenters. The maximum absolute atomic E-state index is 13.0. The monoisotopic (exact) mass is 434 g/mol. The molecule has 4 rings (SSSR count). The van der Waals surface area contributed by atoms with Crippen LogP contribution < -0.4 is 15.5 Å². The smallest absolute Gasteiger partial charge is 0.260 e. The van der Waals surface area contributed by atoms with Gasteiger partial charge < -0.3 is 9.64 Å². The standard InChI is InChI=1S/C23H19ClN4O3/c24-18-5-6-21-19(13-18)27(15-17-3-1-2-4-20(17)31-21)22(29)7-8-23(30)28(25)14-16-9-11-26-12-10-16/h1-13H,14-15,25H2/b8-7+. The van der Waals surface area contributed by atoms with Crippen molar-refractivity contribution in [2.24, 2.45) is 5.84 Å². The molecule has 1 aromatic heterocycles. The highest BCUT2D eigenvalue weighted by atomic mass is 35.5. The Morgan fingerprint density at radius 3 is 2.68 bits per heavy atom. The molecule has 0 saturated heterocycles. The highest BCUT2D eigenvalue weighted by Crippen LogP contribution is 2.40. The maximum Gasteiger partial charge on any atom is 0.260 e. The summed E-state index contributed by atoms with van der Waals surface area (Å²) in [5.74, 6) is 6.12. The summed E-state index contributed by atoms with van der Waals surface area (Å²) in [7, 11) is 0. The number of nitrogens with zero attached hydrogens (tertiary/aromatic N) is 3. The molecule has 2 aromatic carbocycles. The largest absolute Gasteiger partial charge is 0.455 e. The first-order valence-corrected chi connectivity index (χ1v) is 9.89. The van der Waals surface area contributed by atoms with Crippen LogP contribution in [0.5, 0.6) is 11.5 Å². The SMILES string of the molecule is NN(Cc1ccncc1)C(=O)/C=C/C(=O)N1Cc2ccccc2Oc2ccc(Cl)cc21. The maximum atomic E-state index is 13.0. The van der Waals surface area contributed by atoms with Crippen molar-refractivity contribution >= 4 is 29.1 Å². The van der Waals surface area contributed by atoms with Crippen molar-refractivity contribution in [3.8, 4) is 11.5 Å². The number of para-hydroxylation sites is 1. The number of halogens is 1. The Morgan fingerprint density at radius 1 is 1.10 bits per heavy atom. The van der Waals surface area contributed by atoms with Crippen LogP contribution in [-0.2, 0) is 22.7 Å². The number of nitrogens with two attached hydrogens (primary N) is 1. The quantitative estimate of drug-likeness (QED) is 0.292. The Kier molecular flexibility index (Phi) is 5.97. The van der Waals surface area contributed by atoms with E-state index in [4.69, 9.17) is 22.2 Å². The number of anilines is 1. The van der Waals surface area contributed by atoms with Crippen LogP contribution in [0.4, 0.5) is 5.69 Å². The van der Waals surface area contributed by atoms with E-state index in [0.717, 1.165) is 22.2 Å². The molecular formula is C23H19ClN4O3. The highest BCUT2D eigenvalue weighted by Gasteiger charge is 2.24. The van der Waals surface area contributed by atoms with Crippen LogP contribution in [0.3, 0.4) is 0 Å². The van der Waals surface area contributed by atoms with E-state index in [1.807, 2.05) is 24.3 Å². The lowest BCUT2D eigenvalue weighted by Crippen LogP contribution is -2.36. The number of fused-ring (bicyclic) bond motifs is 2. The number of hydrogen-bond acceptors (Lipinski definition) is 5. The number of pyridine rings is 1. The first-order valence-electron chi connectivity index (χ1n) is 9.51. The van der Waals surface area contributed by atoms with E-state index < -0.39 is 11.8 Å². The molecule has 7 nitrogen and oxygen atoms in total. The molecule has 0 fully saturated rings. The zero-order valence-electron chi connectivity index (χ0n) is 16.4. The van der Waals surface area contributed by atoms with Crippen LogP contribution in [0, 0.1) is 0 Å². The summed E-state index contributed by atoms with van der Waals surface area (Å²) in [4.78, 5) is 30.9. The Hall–Kier alpha value is -3.68. The van der Waals surface area contributed by atoms with Crippen LogP contribution in [0.1, 0.15) is 11.1 Å². The van der Waals surface area contributed by atoms with Gasteiger partial charge in [-0.05, 0) is 42.0 Å². The number of amides is 2. The summed E-state index contributed by atoms with van der Waals surface area (Å²) in [6, 6.07) is 16.1. The van der Waals surface area contributed by atoms with E-state index in [1.165, 1.54) is 11.0 Å². The lowest BCUT2D eigenvalue weighted by atomic mass is 10.2. The first kappa shape index (κ1) is 20.6. The molecule has 3 aromatic rings. The van der Waals surface area contributed by atoms with Crippen molar-refractivity contribution in [2.45, 2.75) is 13.1 Å². The fraction of sp³-hybridized carbons (Fsp3) is 0.0870. The minimum atomic E-state index is -0.497. The molecule has 31 heavy (non-hydrogen) atoms. The van der Waals surface area contributed by atoms with Gasteiger partial charge >= 0.3 is 0 Å². The Morgan fingerprint density at radius 2 is 1.87 bits per heavy atom. The molecule has 1 aliphatic heterocycles. The van der Waals surface area contributed by atoms with Gasteiger partial charge in [0.2, 0.25) is 0 Å². The number of aromatic nitrogens is 1. The summed E-state index contributed by atoms with van der Waals surface area (Å²) >= 11 is 6.16. The van der Waals surface area contributed by atoms with Crippen molar-refractivity contribution < 1.29 is 14.3 Å². The van der Waals surface area contributed by atoms with Gasteiger partial charge in [-0.3, -0.25) is 19.6 Å². The second-order valence-corrected chi connectivity index (χ2v) is 7.34. The molecule has 2 N–H and O–H groups in total. The van der Waals surface area contributed by atoms with E-state index in [1.54, 1.807) is 42.7 Å². The first-order chi connectivity index (χ1) is 15.0. The number of rotatable bonds is 4. The second-order valence-electron chi connectivity index (χ2n) is 6.90. The van der Waals surface area contributed by atoms with Gasteiger partial charge in [-0.2, -0.15) is 0 Å². The molecule has 1 aliphatic rings. The minimum absolute atomic E-state index is 0.198. The van der Waals surface area contributed by atoms with Crippen molar-refractivity contribution in [3.05, 3.63) is 95.3 Å². The lowest BCUT2D eigenvalue weighted by molar-refractivity contribution is -0.127. The Labute approximate surface area is 184 Å². The summed E-state index contributed by atoms with van der Waals surface area (Å²) < 4.78 is 5.99. The summed E-state index contributed by atoms with van der Waals surface area (Å²) in [5, 5.41) is 1.50. The van der Waals surface area contributed by atoms with Crippen molar-refractivity contribution in [1.82, 2.24) is 9.99 Å². The molecular weight excluding hydrogens is 416 g/mol. The normalized spacial score (nSPS) is 12.5. The molecule has 0 radical (unpaired) electrons. The summed E-state index contributed by atoms with van der Waals surface area (Å²) in [6.45, 7) is 0.466. The predicted octanol–water partition coefficient (Wildman–Crippen LogP) is 3.83. The fourth-order valence-corrected chi connectivity index (χ4v) is 3.35. The number of carbonyl (C=O) groups excluding carboxylic acids is 2. The Bertz CT molecular complexity index is 1150. The van der Waals surface area contributed by atoms with E-state index in [2.05, 4.69) is 4.98 Å². The average Bonchev–Trinajstić information content (AvgIpc) is 2.94. The van der Waals surface area contributed by atoms with Crippen molar-refractivity contribution in [2.75, 3.05) is 4.90 Å². The molecule has 2 heterocycles. The zero-order chi connectivity index (χ0) is 21.8. The number of carbonyl (C=O) groups is 2. The summed E-state index contributed by atoms with van der Waals surface area (Å²) in [6.07, 6.45) is 5.60. The zero-order valence-corrected chi connectivity index (χ0v) is 17.2. The van der Waals surface area contributed by atoms with E-state index in [9.17, 15) is 9.59 Å². The van der Waals surface area contributed by atoms with Gasteiger partial charge in [0, 0.05) is 35.1 Å². The van der Waals surface area contributed by atoms with Gasteiger partial charge in [-0.15, -0.1) is 0 Å². The molecule has 0 saturated carbocycles. The molecule has 0 spiro atoms. The van der Waals surface area contributed by atoms with Gasteiger partial charge in [0.05, 0.1) is 18.8 Å². The van der Waals surface area contributed by atoms with Gasteiger partial charge in [-0.25, -0.2) is 5.84 Å². The van der Waals surface area contributed by atoms with Gasteiger partial charge in [0.1, 0.15) is 5.75 Å². The minimum Gasteiger partial charge on any atom is -0.455 e. The number of benzene rings is 2. The fourth-order valence-electron chi connectivity index (χ4n) is 3.18. The van der Waals surface area contributed by atoms with Crippen molar-refractivity contribution in [1.29, 1.82) is 0 Å². The third-order valence-electron chi connectivity index (χ3n) is 4.75. The Balaban J connectivity index is 1.55. The highest BCUT2D eigenvalue weighted by molar-refractivity contribution is 6.31. The molecule has 0 bridgehead atoms. The third-order valence-corrected chi connectivity index (χ3v) is 4.99. The van der Waals surface area contributed by atoms with E-state index in [0.29, 0.717) is 22.2 Å². The molecule has 2 amide bonds. The van der Waals surface area contributed by atoms with Gasteiger partial charge in [0.25, 0.3) is 11.8 Å². The van der Waals surface area contributed by atoms with Crippen LogP contribution in [0.25, 0.3) is 0 Å². The van der Waals surface area contributed by atoms with Crippen LogP contribution >= 0.6 is 11.6 Å². The second kappa shape index (κ2) is 8.99. The number of ether oxygens (including phenoxy) is 1. The van der Waals surface area contributed by atoms with Crippen LogP contribution in [0.15, 0.2) is 79.1 Å². The van der Waals surface area contributed by atoms with E-state index >= 15 is 0 Å². The third kappa shape index (κ3) is 4.74.